The highest BCUT2D eigenvalue weighted by Gasteiger charge is 2.23. The van der Waals surface area contributed by atoms with Gasteiger partial charge in [-0.15, -0.1) is 0 Å². The van der Waals surface area contributed by atoms with Crippen LogP contribution in [0.1, 0.15) is 30.7 Å². The van der Waals surface area contributed by atoms with E-state index < -0.39 is 4.92 Å². The van der Waals surface area contributed by atoms with Crippen molar-refractivity contribution in [3.8, 4) is 11.3 Å². The Morgan fingerprint density at radius 2 is 2.00 bits per heavy atom. The molecule has 0 N–H and O–H groups in total. The Hall–Kier alpha value is -1.94. The van der Waals surface area contributed by atoms with Gasteiger partial charge in [0.25, 0.3) is 5.69 Å². The molecule has 1 aliphatic rings. The van der Waals surface area contributed by atoms with Gasteiger partial charge in [-0.05, 0) is 24.3 Å². The van der Waals surface area contributed by atoms with Crippen LogP contribution in [-0.4, -0.2) is 9.91 Å². The van der Waals surface area contributed by atoms with Crippen LogP contribution in [0.4, 0.5) is 5.69 Å². The fourth-order valence-electron chi connectivity index (χ4n) is 2.53. The Bertz CT molecular complexity index is 669. The van der Waals surface area contributed by atoms with Crippen molar-refractivity contribution in [1.82, 2.24) is 4.98 Å². The van der Waals surface area contributed by atoms with E-state index in [1.807, 2.05) is 18.2 Å². The van der Waals surface area contributed by atoms with E-state index in [0.717, 1.165) is 5.56 Å². The van der Waals surface area contributed by atoms with Crippen molar-refractivity contribution in [3.63, 3.8) is 0 Å². The van der Waals surface area contributed by atoms with Crippen LogP contribution in [-0.2, 0) is 0 Å². The Balaban J connectivity index is 2.11. The number of nitro groups is 1. The third-order valence-electron chi connectivity index (χ3n) is 3.77. The molecule has 5 heteroatoms. The van der Waals surface area contributed by atoms with Gasteiger partial charge in [-0.3, -0.25) is 10.1 Å². The lowest BCUT2D eigenvalue weighted by Crippen LogP contribution is -2.10. The molecule has 0 atom stereocenters. The summed E-state index contributed by atoms with van der Waals surface area (Å²) >= 11 is 5.91. The minimum atomic E-state index is -0.441. The lowest BCUT2D eigenvalue weighted by Gasteiger charge is -2.27. The highest BCUT2D eigenvalue weighted by molar-refractivity contribution is 6.29. The van der Waals surface area contributed by atoms with Gasteiger partial charge in [0, 0.05) is 11.6 Å². The van der Waals surface area contributed by atoms with Crippen molar-refractivity contribution in [2.24, 2.45) is 0 Å². The summed E-state index contributed by atoms with van der Waals surface area (Å²) in [4.78, 5) is 14.7. The number of benzene rings is 1. The maximum absolute atomic E-state index is 10.9. The van der Waals surface area contributed by atoms with E-state index in [2.05, 4.69) is 11.1 Å². The molecule has 0 saturated heterocycles. The van der Waals surface area contributed by atoms with Crippen LogP contribution < -0.4 is 0 Å². The molecular formula is C15H13ClN2O2. The van der Waals surface area contributed by atoms with Gasteiger partial charge in [-0.2, -0.15) is 0 Å². The molecule has 1 saturated carbocycles. The monoisotopic (exact) mass is 288 g/mol. The van der Waals surface area contributed by atoms with Gasteiger partial charge in [0.2, 0.25) is 0 Å². The Morgan fingerprint density at radius 3 is 2.65 bits per heavy atom. The lowest BCUT2D eigenvalue weighted by molar-refractivity contribution is -0.384. The maximum Gasteiger partial charge on any atom is 0.274 e. The first-order valence-corrected chi connectivity index (χ1v) is 6.94. The molecule has 0 unspecified atom stereocenters. The summed E-state index contributed by atoms with van der Waals surface area (Å²) in [6.45, 7) is 0. The Labute approximate surface area is 121 Å². The quantitative estimate of drug-likeness (QED) is 0.472. The van der Waals surface area contributed by atoms with Gasteiger partial charge in [0.15, 0.2) is 0 Å². The predicted molar refractivity (Wildman–Crippen MR) is 77.9 cm³/mol. The molecule has 1 aromatic heterocycles. The summed E-state index contributed by atoms with van der Waals surface area (Å²) < 4.78 is 0. The van der Waals surface area contributed by atoms with Gasteiger partial charge in [-0.1, -0.05) is 42.3 Å². The predicted octanol–water partition coefficient (Wildman–Crippen LogP) is 4.58. The minimum Gasteiger partial charge on any atom is -0.258 e. The smallest absolute Gasteiger partial charge is 0.258 e. The van der Waals surface area contributed by atoms with E-state index in [-0.39, 0.29) is 10.8 Å². The number of pyridine rings is 1. The number of aromatic nitrogens is 1. The molecule has 1 heterocycles. The zero-order valence-corrected chi connectivity index (χ0v) is 11.5. The summed E-state index contributed by atoms with van der Waals surface area (Å²) in [6.07, 6.45) is 3.57. The first kappa shape index (κ1) is 13.1. The van der Waals surface area contributed by atoms with E-state index in [0.29, 0.717) is 11.6 Å². The van der Waals surface area contributed by atoms with E-state index >= 15 is 0 Å². The molecule has 102 valence electrons. The second-order valence-corrected chi connectivity index (χ2v) is 5.39. The average molecular weight is 289 g/mol. The van der Waals surface area contributed by atoms with Gasteiger partial charge < -0.3 is 0 Å². The van der Waals surface area contributed by atoms with Crippen molar-refractivity contribution < 1.29 is 4.92 Å². The number of hydrogen-bond acceptors (Lipinski definition) is 3. The first-order valence-electron chi connectivity index (χ1n) is 6.56. The maximum atomic E-state index is 10.9. The van der Waals surface area contributed by atoms with Crippen LogP contribution in [0.25, 0.3) is 11.3 Å². The van der Waals surface area contributed by atoms with Gasteiger partial charge >= 0.3 is 0 Å². The molecule has 0 bridgehead atoms. The molecule has 4 nitrogen and oxygen atoms in total. The molecule has 3 rings (SSSR count). The summed E-state index contributed by atoms with van der Waals surface area (Å²) in [5.41, 5.74) is 2.71. The third kappa shape index (κ3) is 2.39. The highest BCUT2D eigenvalue weighted by atomic mass is 35.5. The van der Waals surface area contributed by atoms with Crippen molar-refractivity contribution in [2.75, 3.05) is 0 Å². The van der Waals surface area contributed by atoms with Gasteiger partial charge in [0.05, 0.1) is 16.7 Å². The first-order chi connectivity index (χ1) is 9.65. The van der Waals surface area contributed by atoms with E-state index in [1.54, 1.807) is 0 Å². The van der Waals surface area contributed by atoms with Crippen LogP contribution in [0, 0.1) is 10.1 Å². The molecule has 0 aliphatic heterocycles. The van der Waals surface area contributed by atoms with E-state index in [1.165, 1.54) is 37.0 Å². The zero-order valence-electron chi connectivity index (χ0n) is 10.8. The largest absolute Gasteiger partial charge is 0.274 e. The zero-order chi connectivity index (χ0) is 14.1. The fourth-order valence-corrected chi connectivity index (χ4v) is 2.74. The standard InChI is InChI=1S/C15H13ClN2O2/c16-15-9-11(18(19)20)8-14(17-15)13-7-2-1-6-12(13)10-4-3-5-10/h1-2,6-10H,3-5H2. The molecule has 0 radical (unpaired) electrons. The second-order valence-electron chi connectivity index (χ2n) is 5.01. The molecular weight excluding hydrogens is 276 g/mol. The molecule has 0 amide bonds. The molecule has 1 aromatic carbocycles. The Morgan fingerprint density at radius 1 is 1.25 bits per heavy atom. The average Bonchev–Trinajstić information content (AvgIpc) is 2.36. The van der Waals surface area contributed by atoms with Crippen molar-refractivity contribution >= 4 is 17.3 Å². The number of hydrogen-bond donors (Lipinski definition) is 0. The number of rotatable bonds is 3. The summed E-state index contributed by atoms with van der Waals surface area (Å²) in [5.74, 6) is 0.533. The van der Waals surface area contributed by atoms with Crippen LogP contribution in [0.2, 0.25) is 5.15 Å². The normalized spacial score (nSPS) is 14.8. The molecule has 1 aliphatic carbocycles. The molecule has 2 aromatic rings. The SMILES string of the molecule is O=[N+]([O-])c1cc(Cl)nc(-c2ccccc2C2CCC2)c1. The van der Waals surface area contributed by atoms with Crippen molar-refractivity contribution in [3.05, 3.63) is 57.2 Å². The second kappa shape index (κ2) is 5.21. The van der Waals surface area contributed by atoms with Crippen molar-refractivity contribution in [1.29, 1.82) is 0 Å². The topological polar surface area (TPSA) is 56.0 Å². The molecule has 20 heavy (non-hydrogen) atoms. The highest BCUT2D eigenvalue weighted by Crippen LogP contribution is 2.41. The van der Waals surface area contributed by atoms with Crippen molar-refractivity contribution in [2.45, 2.75) is 25.2 Å². The Kier molecular flexibility index (Phi) is 3.40. The van der Waals surface area contributed by atoms with Crippen LogP contribution in [0.15, 0.2) is 36.4 Å². The van der Waals surface area contributed by atoms with E-state index in [4.69, 9.17) is 11.6 Å². The van der Waals surface area contributed by atoms with Crippen LogP contribution in [0.3, 0.4) is 0 Å². The fraction of sp³-hybridized carbons (Fsp3) is 0.267. The number of nitrogens with zero attached hydrogens (tertiary/aromatic N) is 2. The van der Waals surface area contributed by atoms with Crippen LogP contribution in [0.5, 0.6) is 0 Å². The summed E-state index contributed by atoms with van der Waals surface area (Å²) in [5, 5.41) is 11.1. The summed E-state index contributed by atoms with van der Waals surface area (Å²) in [6, 6.07) is 10.7. The van der Waals surface area contributed by atoms with Crippen LogP contribution >= 0.6 is 11.6 Å². The third-order valence-corrected chi connectivity index (χ3v) is 3.97. The van der Waals surface area contributed by atoms with Gasteiger partial charge in [0.1, 0.15) is 5.15 Å². The van der Waals surface area contributed by atoms with E-state index in [9.17, 15) is 10.1 Å². The molecule has 0 spiro atoms. The summed E-state index contributed by atoms with van der Waals surface area (Å²) in [7, 11) is 0. The van der Waals surface area contributed by atoms with Gasteiger partial charge in [-0.25, -0.2) is 4.98 Å². The lowest BCUT2D eigenvalue weighted by atomic mass is 9.78. The molecule has 1 fully saturated rings. The minimum absolute atomic E-state index is 0.0246. The number of halogens is 1.